The van der Waals surface area contributed by atoms with Gasteiger partial charge in [0, 0.05) is 33.9 Å². The van der Waals surface area contributed by atoms with Crippen LogP contribution in [0, 0.1) is 0 Å². The maximum absolute atomic E-state index is 13.2. The number of carbonyl (C=O) groups excluding carboxylic acids is 4. The molecule has 3 aromatic rings. The van der Waals surface area contributed by atoms with E-state index in [-0.39, 0.29) is 35.2 Å². The predicted molar refractivity (Wildman–Crippen MR) is 155 cm³/mol. The molecule has 2 N–H and O–H groups in total. The summed E-state index contributed by atoms with van der Waals surface area (Å²) in [6.45, 7) is 5.08. The minimum atomic E-state index is -1.03. The topological polar surface area (TPSA) is 114 Å². The lowest BCUT2D eigenvalue weighted by atomic mass is 9.82. The molecule has 1 heterocycles. The number of ketones is 2. The molecular formula is C31H28BrN3O5. The van der Waals surface area contributed by atoms with E-state index in [0.717, 1.165) is 5.56 Å². The molecule has 0 radical (unpaired) electrons. The summed E-state index contributed by atoms with van der Waals surface area (Å²) in [5.74, 6) is -0.866. The van der Waals surface area contributed by atoms with Crippen LogP contribution in [0.15, 0.2) is 99.7 Å². The van der Waals surface area contributed by atoms with Crippen molar-refractivity contribution in [1.82, 2.24) is 10.3 Å². The zero-order chi connectivity index (χ0) is 28.8. The van der Waals surface area contributed by atoms with Crippen LogP contribution in [-0.2, 0) is 20.7 Å². The molecule has 1 unspecified atom stereocenters. The SMILES string of the molecule is CC1=C(C)C(=O)C(C(OC(=O)NCCc2ccc(NC(=O)c3ccccn3)c(Br)c2)c2ccccc2)=C(C)C1=O. The van der Waals surface area contributed by atoms with Gasteiger partial charge in [-0.1, -0.05) is 42.5 Å². The number of pyridine rings is 1. The molecule has 1 aromatic heterocycles. The van der Waals surface area contributed by atoms with E-state index < -0.39 is 12.2 Å². The van der Waals surface area contributed by atoms with Gasteiger partial charge in [-0.3, -0.25) is 19.4 Å². The molecule has 0 aliphatic heterocycles. The average molecular weight is 602 g/mol. The highest BCUT2D eigenvalue weighted by Crippen LogP contribution is 2.35. The highest BCUT2D eigenvalue weighted by atomic mass is 79.9. The molecule has 204 valence electrons. The second-order valence-electron chi connectivity index (χ2n) is 9.30. The largest absolute Gasteiger partial charge is 0.436 e. The number of hydrogen-bond donors (Lipinski definition) is 2. The van der Waals surface area contributed by atoms with Crippen molar-refractivity contribution in [1.29, 1.82) is 0 Å². The highest BCUT2D eigenvalue weighted by molar-refractivity contribution is 9.10. The van der Waals surface area contributed by atoms with Gasteiger partial charge in [-0.05, 0) is 78.5 Å². The Bertz CT molecular complexity index is 1530. The number of allylic oxidation sites excluding steroid dienone is 3. The number of amides is 2. The third kappa shape index (κ3) is 6.43. The number of alkyl carbamates (subject to hydrolysis) is 1. The molecular weight excluding hydrogens is 574 g/mol. The summed E-state index contributed by atoms with van der Waals surface area (Å²) >= 11 is 3.48. The summed E-state index contributed by atoms with van der Waals surface area (Å²) in [4.78, 5) is 55.2. The third-order valence-electron chi connectivity index (χ3n) is 6.68. The monoisotopic (exact) mass is 601 g/mol. The Hall–Kier alpha value is -4.37. The van der Waals surface area contributed by atoms with Crippen LogP contribution < -0.4 is 10.6 Å². The first-order valence-electron chi connectivity index (χ1n) is 12.6. The van der Waals surface area contributed by atoms with E-state index in [2.05, 4.69) is 31.5 Å². The Balaban J connectivity index is 1.41. The fourth-order valence-corrected chi connectivity index (χ4v) is 4.84. The number of nitrogens with one attached hydrogen (secondary N) is 2. The van der Waals surface area contributed by atoms with Crippen molar-refractivity contribution < 1.29 is 23.9 Å². The number of anilines is 1. The van der Waals surface area contributed by atoms with E-state index in [1.54, 1.807) is 75.5 Å². The smallest absolute Gasteiger partial charge is 0.408 e. The maximum Gasteiger partial charge on any atom is 0.408 e. The van der Waals surface area contributed by atoms with E-state index in [4.69, 9.17) is 4.74 Å². The number of ether oxygens (including phenoxy) is 1. The van der Waals surface area contributed by atoms with E-state index in [1.165, 1.54) is 0 Å². The molecule has 4 rings (SSSR count). The van der Waals surface area contributed by atoms with Gasteiger partial charge in [-0.25, -0.2) is 4.79 Å². The number of halogens is 1. The van der Waals surface area contributed by atoms with Crippen LogP contribution >= 0.6 is 15.9 Å². The number of aromatic nitrogens is 1. The second kappa shape index (κ2) is 12.7. The minimum absolute atomic E-state index is 0.168. The van der Waals surface area contributed by atoms with Gasteiger partial charge < -0.3 is 15.4 Å². The molecule has 2 amide bonds. The van der Waals surface area contributed by atoms with Gasteiger partial charge in [-0.15, -0.1) is 0 Å². The molecule has 1 atom stereocenters. The van der Waals surface area contributed by atoms with Gasteiger partial charge in [0.05, 0.1) is 11.3 Å². The lowest BCUT2D eigenvalue weighted by molar-refractivity contribution is -0.117. The molecule has 0 bridgehead atoms. The van der Waals surface area contributed by atoms with Gasteiger partial charge in [0.15, 0.2) is 17.7 Å². The fourth-order valence-electron chi connectivity index (χ4n) is 4.31. The minimum Gasteiger partial charge on any atom is -0.436 e. The molecule has 1 aliphatic rings. The summed E-state index contributed by atoms with van der Waals surface area (Å²) in [7, 11) is 0. The van der Waals surface area contributed by atoms with Crippen LogP contribution in [0.4, 0.5) is 10.5 Å². The van der Waals surface area contributed by atoms with Gasteiger partial charge in [0.1, 0.15) is 5.69 Å². The maximum atomic E-state index is 13.2. The quantitative estimate of drug-likeness (QED) is 0.310. The standard InChI is InChI=1S/C31H28BrN3O5/c1-18-19(2)28(37)26(20(3)27(18)36)29(22-9-5-4-6-10-22)40-31(39)34-16-14-21-12-13-24(23(32)17-21)35-30(38)25-11-7-8-15-33-25/h4-13,15,17,29H,14,16H2,1-3H3,(H,34,39)(H,35,38). The Morgan fingerprint density at radius 1 is 0.900 bits per heavy atom. The van der Waals surface area contributed by atoms with Crippen molar-refractivity contribution in [3.8, 4) is 0 Å². The Kier molecular flexibility index (Phi) is 9.06. The highest BCUT2D eigenvalue weighted by Gasteiger charge is 2.35. The van der Waals surface area contributed by atoms with Gasteiger partial charge in [0.25, 0.3) is 5.91 Å². The zero-order valence-corrected chi connectivity index (χ0v) is 23.9. The molecule has 0 saturated heterocycles. The van der Waals surface area contributed by atoms with Crippen LogP contribution in [0.2, 0.25) is 0 Å². The predicted octanol–water partition coefficient (Wildman–Crippen LogP) is 5.91. The summed E-state index contributed by atoms with van der Waals surface area (Å²) in [6, 6.07) is 19.5. The zero-order valence-electron chi connectivity index (χ0n) is 22.3. The van der Waals surface area contributed by atoms with Crippen molar-refractivity contribution in [2.45, 2.75) is 33.3 Å². The second-order valence-corrected chi connectivity index (χ2v) is 10.2. The van der Waals surface area contributed by atoms with E-state index in [9.17, 15) is 19.2 Å². The summed E-state index contributed by atoms with van der Waals surface area (Å²) in [5.41, 5.74) is 3.58. The summed E-state index contributed by atoms with van der Waals surface area (Å²) < 4.78 is 6.43. The lowest BCUT2D eigenvalue weighted by Gasteiger charge is -2.26. The number of nitrogens with zero attached hydrogens (tertiary/aromatic N) is 1. The van der Waals surface area contributed by atoms with Crippen LogP contribution in [0.5, 0.6) is 0 Å². The molecule has 9 heteroatoms. The molecule has 40 heavy (non-hydrogen) atoms. The lowest BCUT2D eigenvalue weighted by Crippen LogP contribution is -2.32. The van der Waals surface area contributed by atoms with Crippen LogP contribution in [-0.4, -0.2) is 35.1 Å². The van der Waals surface area contributed by atoms with Crippen LogP contribution in [0.25, 0.3) is 0 Å². The molecule has 0 spiro atoms. The van der Waals surface area contributed by atoms with E-state index >= 15 is 0 Å². The number of carbonyl (C=O) groups is 4. The van der Waals surface area contributed by atoms with Crippen LogP contribution in [0.1, 0.15) is 48.5 Å². The summed E-state index contributed by atoms with van der Waals surface area (Å²) in [5, 5.41) is 5.55. The molecule has 0 fully saturated rings. The summed E-state index contributed by atoms with van der Waals surface area (Å²) in [6.07, 6.45) is 0.295. The number of benzene rings is 2. The molecule has 8 nitrogen and oxygen atoms in total. The van der Waals surface area contributed by atoms with E-state index in [0.29, 0.717) is 39.0 Å². The fraction of sp³-hybridized carbons (Fsp3) is 0.194. The van der Waals surface area contributed by atoms with Gasteiger partial charge >= 0.3 is 6.09 Å². The average Bonchev–Trinajstić information content (AvgIpc) is 2.97. The van der Waals surface area contributed by atoms with Gasteiger partial charge in [-0.2, -0.15) is 0 Å². The molecule has 1 aliphatic carbocycles. The van der Waals surface area contributed by atoms with Gasteiger partial charge in [0.2, 0.25) is 0 Å². The van der Waals surface area contributed by atoms with Crippen molar-refractivity contribution in [2.75, 3.05) is 11.9 Å². The normalized spacial score (nSPS) is 14.2. The van der Waals surface area contributed by atoms with Crippen molar-refractivity contribution in [2.24, 2.45) is 0 Å². The first-order valence-corrected chi connectivity index (χ1v) is 13.4. The number of Topliss-reactive ketones (excluding diaryl/α,β-unsaturated/α-hetero) is 2. The van der Waals surface area contributed by atoms with Crippen molar-refractivity contribution in [3.05, 3.63) is 117 Å². The molecule has 2 aromatic carbocycles. The Morgan fingerprint density at radius 3 is 2.27 bits per heavy atom. The number of hydrogen-bond acceptors (Lipinski definition) is 6. The first kappa shape index (κ1) is 28.6. The molecule has 0 saturated carbocycles. The third-order valence-corrected chi connectivity index (χ3v) is 7.34. The Labute approximate surface area is 240 Å². The van der Waals surface area contributed by atoms with Crippen LogP contribution in [0.3, 0.4) is 0 Å². The Morgan fingerprint density at radius 2 is 1.60 bits per heavy atom. The van der Waals surface area contributed by atoms with E-state index in [1.807, 2.05) is 18.2 Å². The van der Waals surface area contributed by atoms with Crippen molar-refractivity contribution in [3.63, 3.8) is 0 Å². The van der Waals surface area contributed by atoms with Crippen molar-refractivity contribution >= 4 is 45.2 Å². The number of rotatable bonds is 8. The first-order chi connectivity index (χ1) is 19.2.